The minimum absolute atomic E-state index is 0. The number of nitrogens with zero attached hydrogens (tertiary/aromatic N) is 1. The highest BCUT2D eigenvalue weighted by Gasteiger charge is 2.05. The van der Waals surface area contributed by atoms with Crippen LogP contribution in [0.2, 0.25) is 0 Å². The molecule has 3 N–H and O–H groups in total. The number of benzene rings is 1. The van der Waals surface area contributed by atoms with E-state index in [1.165, 1.54) is 5.56 Å². The van der Waals surface area contributed by atoms with Crippen LogP contribution in [0.3, 0.4) is 0 Å². The van der Waals surface area contributed by atoms with Gasteiger partial charge in [0.2, 0.25) is 0 Å². The number of esters is 1. The Kier molecular flexibility index (Phi) is 12.0. The molecular weight excluding hydrogens is 276 g/mol. The maximum Gasteiger partial charge on any atom is 0.333 e. The van der Waals surface area contributed by atoms with Crippen LogP contribution in [-0.4, -0.2) is 38.1 Å². The van der Waals surface area contributed by atoms with Crippen molar-refractivity contribution < 1.29 is 9.53 Å². The molecule has 1 rings (SSSR count). The Morgan fingerprint density at radius 1 is 1.25 bits per heavy atom. The normalized spacial score (nSPS) is 10.5. The second kappa shape index (κ2) is 11.5. The van der Waals surface area contributed by atoms with Crippen molar-refractivity contribution in [1.29, 1.82) is 0 Å². The lowest BCUT2D eigenvalue weighted by atomic mass is 10.1. The number of rotatable bonds is 6. The molecule has 0 saturated heterocycles. The fraction of sp³-hybridized carbons (Fsp3) is 0.400. The molecule has 0 unspecified atom stereocenters. The van der Waals surface area contributed by atoms with Crippen molar-refractivity contribution in [3.05, 3.63) is 47.5 Å². The van der Waals surface area contributed by atoms with Gasteiger partial charge in [-0.1, -0.05) is 36.4 Å². The van der Waals surface area contributed by atoms with E-state index in [-0.39, 0.29) is 24.5 Å². The first-order valence-electron chi connectivity index (χ1n) is 6.12. The molecule has 1 aromatic carbocycles. The molecule has 5 heteroatoms. The van der Waals surface area contributed by atoms with E-state index in [1.54, 1.807) is 6.92 Å². The van der Waals surface area contributed by atoms with E-state index in [0.717, 1.165) is 13.0 Å². The van der Waals surface area contributed by atoms with E-state index >= 15 is 0 Å². The zero-order valence-corrected chi connectivity index (χ0v) is 13.3. The highest BCUT2D eigenvalue weighted by molar-refractivity contribution is 5.87. The van der Waals surface area contributed by atoms with Crippen LogP contribution in [-0.2, 0) is 16.0 Å². The fourth-order valence-corrected chi connectivity index (χ4v) is 1.40. The van der Waals surface area contributed by atoms with Gasteiger partial charge in [-0.25, -0.2) is 4.79 Å². The van der Waals surface area contributed by atoms with Gasteiger partial charge in [-0.05, 0) is 33.0 Å². The number of hydrogen-bond acceptors (Lipinski definition) is 4. The van der Waals surface area contributed by atoms with E-state index in [2.05, 4.69) is 0 Å². The summed E-state index contributed by atoms with van der Waals surface area (Å²) in [6.07, 6.45) is 2.67. The summed E-state index contributed by atoms with van der Waals surface area (Å²) in [5.74, 6) is -0.229. The number of allylic oxidation sites excluding steroid dienone is 1. The van der Waals surface area contributed by atoms with Crippen LogP contribution in [0.5, 0.6) is 0 Å². The molecule has 0 bridgehead atoms. The third-order valence-corrected chi connectivity index (χ3v) is 2.58. The topological polar surface area (TPSA) is 64.5 Å². The molecule has 0 radical (unpaired) electrons. The molecule has 114 valence electrons. The van der Waals surface area contributed by atoms with Crippen molar-refractivity contribution in [3.63, 3.8) is 0 Å². The molecule has 0 heterocycles. The van der Waals surface area contributed by atoms with Crippen molar-refractivity contribution in [2.75, 3.05) is 27.2 Å². The lowest BCUT2D eigenvalue weighted by Crippen LogP contribution is -2.20. The number of carbonyl (C=O) groups is 1. The van der Waals surface area contributed by atoms with Gasteiger partial charge < -0.3 is 15.8 Å². The van der Waals surface area contributed by atoms with Gasteiger partial charge in [0.25, 0.3) is 0 Å². The second-order valence-electron chi connectivity index (χ2n) is 4.52. The van der Waals surface area contributed by atoms with Crippen molar-refractivity contribution in [2.24, 2.45) is 0 Å². The average Bonchev–Trinajstić information content (AvgIpc) is 2.36. The lowest BCUT2D eigenvalue weighted by Gasteiger charge is -2.10. The van der Waals surface area contributed by atoms with Gasteiger partial charge in [0.15, 0.2) is 0 Å². The summed E-state index contributed by atoms with van der Waals surface area (Å²) in [5, 5.41) is 0. The fourth-order valence-electron chi connectivity index (χ4n) is 1.40. The van der Waals surface area contributed by atoms with Gasteiger partial charge in [0.05, 0.1) is 0 Å². The van der Waals surface area contributed by atoms with E-state index < -0.39 is 0 Å². The number of hydrogen-bond donors (Lipinski definition) is 1. The van der Waals surface area contributed by atoms with Crippen LogP contribution in [0.1, 0.15) is 12.5 Å². The van der Waals surface area contributed by atoms with Crippen LogP contribution in [0.25, 0.3) is 0 Å². The van der Waals surface area contributed by atoms with Crippen LogP contribution < -0.4 is 6.15 Å². The summed E-state index contributed by atoms with van der Waals surface area (Å²) in [6.45, 7) is 2.97. The van der Waals surface area contributed by atoms with Gasteiger partial charge in [0, 0.05) is 12.1 Å². The van der Waals surface area contributed by atoms with Crippen LogP contribution >= 0.6 is 12.4 Å². The first kappa shape index (κ1) is 20.9. The zero-order valence-electron chi connectivity index (χ0n) is 12.5. The van der Waals surface area contributed by atoms with Crippen LogP contribution in [0.15, 0.2) is 42.0 Å². The summed E-state index contributed by atoms with van der Waals surface area (Å²) < 4.78 is 5.15. The Morgan fingerprint density at radius 3 is 2.40 bits per heavy atom. The molecule has 0 aromatic heterocycles. The molecule has 0 saturated carbocycles. The second-order valence-corrected chi connectivity index (χ2v) is 4.52. The predicted octanol–water partition coefficient (Wildman–Crippen LogP) is 2.86. The summed E-state index contributed by atoms with van der Waals surface area (Å²) in [7, 11) is 3.90. The van der Waals surface area contributed by atoms with Gasteiger partial charge in [-0.3, -0.25) is 0 Å². The Balaban J connectivity index is 0. The molecule has 0 aliphatic rings. The quantitative estimate of drug-likeness (QED) is 0.648. The van der Waals surface area contributed by atoms with Gasteiger partial charge in [-0.15, -0.1) is 12.4 Å². The molecule has 4 nitrogen and oxygen atoms in total. The smallest absolute Gasteiger partial charge is 0.333 e. The minimum atomic E-state index is -0.229. The van der Waals surface area contributed by atoms with E-state index in [4.69, 9.17) is 4.74 Å². The molecule has 0 atom stereocenters. The highest BCUT2D eigenvalue weighted by atomic mass is 35.5. The van der Waals surface area contributed by atoms with Crippen molar-refractivity contribution in [1.82, 2.24) is 11.1 Å². The maximum absolute atomic E-state index is 11.6. The first-order valence-corrected chi connectivity index (χ1v) is 6.12. The largest absolute Gasteiger partial charge is 0.461 e. The third kappa shape index (κ3) is 8.69. The van der Waals surface area contributed by atoms with E-state index in [0.29, 0.717) is 12.2 Å². The third-order valence-electron chi connectivity index (χ3n) is 2.58. The molecule has 0 aliphatic carbocycles. The number of ether oxygens (including phenoxy) is 1. The van der Waals surface area contributed by atoms with Crippen LogP contribution in [0, 0.1) is 0 Å². The maximum atomic E-state index is 11.6. The van der Waals surface area contributed by atoms with Crippen molar-refractivity contribution in [2.45, 2.75) is 13.3 Å². The monoisotopic (exact) mass is 300 g/mol. The first-order chi connectivity index (χ1) is 8.59. The van der Waals surface area contributed by atoms with E-state index in [9.17, 15) is 4.79 Å². The standard InChI is InChI=1S/C15H21NO2.ClH.H3N/c1-13(15(17)18-12-11-16(2)3)9-10-14-7-5-4-6-8-14;;/h4-9H,10-12H2,1-3H3;1H;1H3. The Morgan fingerprint density at radius 2 is 1.85 bits per heavy atom. The number of halogens is 1. The molecular formula is C15H25ClN2O2. The molecule has 0 amide bonds. The van der Waals surface area contributed by atoms with Crippen molar-refractivity contribution in [3.8, 4) is 0 Å². The average molecular weight is 301 g/mol. The number of carbonyl (C=O) groups excluding carboxylic acids is 1. The Hall–Kier alpha value is -1.36. The molecule has 0 fully saturated rings. The summed E-state index contributed by atoms with van der Waals surface area (Å²) in [6, 6.07) is 10.1. The Bertz CT molecular complexity index is 406. The summed E-state index contributed by atoms with van der Waals surface area (Å²) in [4.78, 5) is 13.6. The minimum Gasteiger partial charge on any atom is -0.461 e. The zero-order chi connectivity index (χ0) is 13.4. The molecule has 20 heavy (non-hydrogen) atoms. The highest BCUT2D eigenvalue weighted by Crippen LogP contribution is 2.04. The van der Waals surface area contributed by atoms with Gasteiger partial charge in [0.1, 0.15) is 6.61 Å². The van der Waals surface area contributed by atoms with Gasteiger partial charge >= 0.3 is 5.97 Å². The Labute approximate surface area is 127 Å². The molecule has 0 spiro atoms. The van der Waals surface area contributed by atoms with E-state index in [1.807, 2.05) is 55.4 Å². The SMILES string of the molecule is CC(=CCc1ccccc1)C(=O)OCCN(C)C.Cl.N. The lowest BCUT2D eigenvalue weighted by molar-refractivity contribution is -0.139. The summed E-state index contributed by atoms with van der Waals surface area (Å²) >= 11 is 0. The molecule has 1 aromatic rings. The van der Waals surface area contributed by atoms with Crippen molar-refractivity contribution >= 4 is 18.4 Å². The number of likely N-dealkylation sites (N-methyl/N-ethyl adjacent to an activating group) is 1. The summed E-state index contributed by atoms with van der Waals surface area (Å²) in [5.41, 5.74) is 1.86. The van der Waals surface area contributed by atoms with Gasteiger partial charge in [-0.2, -0.15) is 0 Å². The molecule has 0 aliphatic heterocycles. The van der Waals surface area contributed by atoms with Crippen LogP contribution in [0.4, 0.5) is 0 Å². The predicted molar refractivity (Wildman–Crippen MR) is 85.7 cm³/mol.